The number of aryl methyl sites for hydroxylation is 1. The van der Waals surface area contributed by atoms with Gasteiger partial charge in [-0.3, -0.25) is 9.69 Å². The van der Waals surface area contributed by atoms with E-state index >= 15 is 0 Å². The van der Waals surface area contributed by atoms with Crippen molar-refractivity contribution in [3.63, 3.8) is 0 Å². The molecule has 0 saturated carbocycles. The summed E-state index contributed by atoms with van der Waals surface area (Å²) in [5, 5.41) is 12.6. The lowest BCUT2D eigenvalue weighted by Gasteiger charge is -2.43. The zero-order valence-electron chi connectivity index (χ0n) is 32.6. The van der Waals surface area contributed by atoms with Crippen molar-refractivity contribution >= 4 is 15.9 Å². The molecule has 0 aliphatic carbocycles. The van der Waals surface area contributed by atoms with Crippen LogP contribution >= 0.6 is 0 Å². The summed E-state index contributed by atoms with van der Waals surface area (Å²) in [4.78, 5) is 19.0. The molecule has 10 nitrogen and oxygen atoms in total. The molecule has 3 fully saturated rings. The van der Waals surface area contributed by atoms with Gasteiger partial charge in [0.05, 0.1) is 23.7 Å². The summed E-state index contributed by atoms with van der Waals surface area (Å²) in [5.74, 6) is -0.314. The Balaban J connectivity index is 1.04. The number of carbonyl (C=O) groups excluding carboxylic acids is 1. The first kappa shape index (κ1) is 40.3. The molecule has 0 spiro atoms. The number of rotatable bonds is 15. The quantitative estimate of drug-likeness (QED) is 0.134. The second kappa shape index (κ2) is 18.5. The van der Waals surface area contributed by atoms with Crippen LogP contribution in [0.15, 0.2) is 108 Å². The van der Waals surface area contributed by atoms with E-state index < -0.39 is 28.3 Å². The highest BCUT2D eigenvalue weighted by Crippen LogP contribution is 2.42. The molecule has 6 atom stereocenters. The summed E-state index contributed by atoms with van der Waals surface area (Å²) in [7, 11) is -3.95. The minimum Gasteiger partial charge on any atom is -0.392 e. The molecule has 4 aromatic rings. The van der Waals surface area contributed by atoms with Crippen molar-refractivity contribution in [3.8, 4) is 0 Å². The molecule has 56 heavy (non-hydrogen) atoms. The summed E-state index contributed by atoms with van der Waals surface area (Å²) >= 11 is 0. The maximum absolute atomic E-state index is 13.6. The molecule has 1 amide bonds. The Morgan fingerprint density at radius 3 is 2.18 bits per heavy atom. The second-order valence-electron chi connectivity index (χ2n) is 15.8. The lowest BCUT2D eigenvalue weighted by Crippen LogP contribution is -2.48. The van der Waals surface area contributed by atoms with Gasteiger partial charge < -0.3 is 24.8 Å². The van der Waals surface area contributed by atoms with Crippen LogP contribution in [0.1, 0.15) is 78.4 Å². The van der Waals surface area contributed by atoms with Gasteiger partial charge in [-0.25, -0.2) is 8.42 Å². The Morgan fingerprint density at radius 1 is 0.804 bits per heavy atom. The minimum absolute atomic E-state index is 0.00733. The van der Waals surface area contributed by atoms with Crippen LogP contribution in [0.25, 0.3) is 0 Å². The Bertz CT molecular complexity index is 1970. The average Bonchev–Trinajstić information content (AvgIpc) is 3.90. The molecule has 3 saturated heterocycles. The van der Waals surface area contributed by atoms with Crippen LogP contribution in [-0.4, -0.2) is 80.1 Å². The third-order valence-electron chi connectivity index (χ3n) is 11.7. The van der Waals surface area contributed by atoms with E-state index in [2.05, 4.69) is 38.9 Å². The minimum atomic E-state index is -3.95. The zero-order chi connectivity index (χ0) is 39.1. The lowest BCUT2D eigenvalue weighted by atomic mass is 9.90. The number of likely N-dealkylation sites (tertiary alicyclic amines) is 2. The van der Waals surface area contributed by atoms with Gasteiger partial charge in [-0.1, -0.05) is 103 Å². The summed E-state index contributed by atoms with van der Waals surface area (Å²) in [6.45, 7) is 9.75. The van der Waals surface area contributed by atoms with Crippen molar-refractivity contribution < 1.29 is 27.8 Å². The van der Waals surface area contributed by atoms with E-state index in [-0.39, 0.29) is 42.6 Å². The molecular formula is C45H56N4O6S. The lowest BCUT2D eigenvalue weighted by molar-refractivity contribution is -0.276. The number of hydrogen-bond acceptors (Lipinski definition) is 8. The fourth-order valence-corrected chi connectivity index (χ4v) is 9.48. The highest BCUT2D eigenvalue weighted by molar-refractivity contribution is 7.89. The van der Waals surface area contributed by atoms with Gasteiger partial charge in [0.2, 0.25) is 15.9 Å². The van der Waals surface area contributed by atoms with E-state index in [1.165, 1.54) is 38.8 Å². The maximum Gasteiger partial charge on any atom is 0.241 e. The predicted octanol–water partition coefficient (Wildman–Crippen LogP) is 6.04. The number of carbonyl (C=O) groups is 1. The van der Waals surface area contributed by atoms with E-state index in [1.54, 1.807) is 24.3 Å². The molecule has 3 heterocycles. The molecule has 3 aliphatic rings. The van der Waals surface area contributed by atoms with E-state index in [9.17, 15) is 18.3 Å². The van der Waals surface area contributed by atoms with Gasteiger partial charge in [0.25, 0.3) is 0 Å². The number of sulfonamides is 1. The molecule has 0 unspecified atom stereocenters. The summed E-state index contributed by atoms with van der Waals surface area (Å²) in [6.07, 6.45) is 4.36. The van der Waals surface area contributed by atoms with Gasteiger partial charge >= 0.3 is 0 Å². The van der Waals surface area contributed by atoms with Crippen LogP contribution in [0, 0.1) is 12.8 Å². The number of aliphatic hydroxyl groups excluding tert-OH is 1. The largest absolute Gasteiger partial charge is 0.392 e. The fourth-order valence-electron chi connectivity index (χ4n) is 8.28. The Labute approximate surface area is 332 Å². The Hall–Kier alpha value is -3.94. The molecule has 298 valence electrons. The number of hydrogen-bond donors (Lipinski definition) is 3. The molecule has 0 bridgehead atoms. The highest BCUT2D eigenvalue weighted by Gasteiger charge is 2.41. The molecule has 0 aromatic heterocycles. The number of nitrogens with zero attached hydrogens (tertiary/aromatic N) is 2. The van der Waals surface area contributed by atoms with Gasteiger partial charge in [0, 0.05) is 37.2 Å². The van der Waals surface area contributed by atoms with Crippen molar-refractivity contribution in [2.24, 2.45) is 5.92 Å². The SMILES string of the molecule is Cc1ccc(S(=O)(=O)N[C@H](Cc2ccccc2)C(=O)NCc2ccc([C@@H]3O[C@H](CN4CCC[C@H]4CN4CCCC4)[C@H](C)[C@H](c4ccc(CO)cc4)O3)cc2)cc1. The Kier molecular flexibility index (Phi) is 13.3. The maximum atomic E-state index is 13.6. The van der Waals surface area contributed by atoms with Crippen LogP contribution in [0.3, 0.4) is 0 Å². The molecular weight excluding hydrogens is 725 g/mol. The monoisotopic (exact) mass is 780 g/mol. The van der Waals surface area contributed by atoms with Crippen molar-refractivity contribution in [1.82, 2.24) is 19.8 Å². The highest BCUT2D eigenvalue weighted by atomic mass is 32.2. The van der Waals surface area contributed by atoms with Crippen LogP contribution in [0.4, 0.5) is 0 Å². The molecule has 3 N–H and O–H groups in total. The third-order valence-corrected chi connectivity index (χ3v) is 13.1. The number of nitrogens with one attached hydrogen (secondary N) is 2. The van der Waals surface area contributed by atoms with E-state index in [0.717, 1.165) is 53.0 Å². The first-order valence-electron chi connectivity index (χ1n) is 20.1. The third kappa shape index (κ3) is 10.1. The van der Waals surface area contributed by atoms with Crippen molar-refractivity contribution in [2.45, 2.75) is 94.6 Å². The number of aliphatic hydroxyl groups is 1. The molecule has 4 aromatic carbocycles. The van der Waals surface area contributed by atoms with Crippen molar-refractivity contribution in [2.75, 3.05) is 32.7 Å². The summed E-state index contributed by atoms with van der Waals surface area (Å²) < 4.78 is 42.9. The van der Waals surface area contributed by atoms with E-state index in [0.29, 0.717) is 6.04 Å². The first-order valence-corrected chi connectivity index (χ1v) is 21.6. The van der Waals surface area contributed by atoms with Crippen LogP contribution < -0.4 is 10.0 Å². The van der Waals surface area contributed by atoms with Gasteiger partial charge in [-0.05, 0) is 93.0 Å². The number of amides is 1. The second-order valence-corrected chi connectivity index (χ2v) is 17.5. The van der Waals surface area contributed by atoms with Crippen LogP contribution in [0.2, 0.25) is 0 Å². The number of ether oxygens (including phenoxy) is 2. The topological polar surface area (TPSA) is 120 Å². The van der Waals surface area contributed by atoms with Crippen LogP contribution in [-0.2, 0) is 43.9 Å². The summed E-state index contributed by atoms with van der Waals surface area (Å²) in [5.41, 5.74) is 5.46. The van der Waals surface area contributed by atoms with Gasteiger partial charge in [0.15, 0.2) is 6.29 Å². The first-order chi connectivity index (χ1) is 27.1. The van der Waals surface area contributed by atoms with E-state index in [1.807, 2.05) is 73.7 Å². The van der Waals surface area contributed by atoms with E-state index in [4.69, 9.17) is 9.47 Å². The van der Waals surface area contributed by atoms with Crippen molar-refractivity contribution in [3.05, 3.63) is 137 Å². The van der Waals surface area contributed by atoms with Crippen LogP contribution in [0.5, 0.6) is 0 Å². The molecule has 0 radical (unpaired) electrons. The Morgan fingerprint density at radius 2 is 1.48 bits per heavy atom. The smallest absolute Gasteiger partial charge is 0.241 e. The van der Waals surface area contributed by atoms with Gasteiger partial charge in [0.1, 0.15) is 6.04 Å². The average molecular weight is 781 g/mol. The zero-order valence-corrected chi connectivity index (χ0v) is 33.4. The predicted molar refractivity (Wildman–Crippen MR) is 217 cm³/mol. The fraction of sp³-hybridized carbons (Fsp3) is 0.444. The van der Waals surface area contributed by atoms with Gasteiger partial charge in [-0.15, -0.1) is 0 Å². The van der Waals surface area contributed by atoms with Crippen molar-refractivity contribution in [1.29, 1.82) is 0 Å². The molecule has 11 heteroatoms. The molecule has 3 aliphatic heterocycles. The normalized spacial score (nSPS) is 23.9. The number of benzene rings is 4. The summed E-state index contributed by atoms with van der Waals surface area (Å²) in [6, 6.07) is 31.4. The van der Waals surface area contributed by atoms with Gasteiger partial charge in [-0.2, -0.15) is 4.72 Å². The molecule has 7 rings (SSSR count). The standard InChI is InChI=1S/C45H56N4O6S/c1-32-12-22-40(23-13-32)56(52,53)47-41(27-34-9-4-3-5-10-34)44(51)46-28-35-14-20-38(21-15-35)45-54-42(30-49-26-8-11-39(49)29-48-24-6-7-25-48)33(2)43(55-45)37-18-16-36(31-50)17-19-37/h3-5,9-10,12-23,33,39,41-43,45,47,50H,6-8,11,24-31H2,1-2H3,(H,46,51)/t33-,39-,41+,42+,43+,45+/m0/s1.